The largest absolute Gasteiger partial charge is 0.394 e. The lowest BCUT2D eigenvalue weighted by Gasteiger charge is -2.40. The lowest BCUT2D eigenvalue weighted by Crippen LogP contribution is -2.56. The van der Waals surface area contributed by atoms with Crippen molar-refractivity contribution >= 4 is 5.91 Å². The molecule has 1 heterocycles. The Morgan fingerprint density at radius 2 is 2.12 bits per heavy atom. The predicted molar refractivity (Wildman–Crippen MR) is 66.6 cm³/mol. The normalized spacial score (nSPS) is 34.8. The van der Waals surface area contributed by atoms with Crippen LogP contribution in [0, 0.1) is 5.92 Å². The molecule has 4 atom stereocenters. The van der Waals surface area contributed by atoms with E-state index in [9.17, 15) is 4.79 Å². The Hall–Kier alpha value is -0.610. The average Bonchev–Trinajstić information content (AvgIpc) is 2.38. The fourth-order valence-electron chi connectivity index (χ4n) is 3.09. The number of piperidine rings is 1. The molecule has 2 fully saturated rings. The van der Waals surface area contributed by atoms with Crippen molar-refractivity contribution in [2.24, 2.45) is 5.92 Å². The third kappa shape index (κ3) is 3.19. The van der Waals surface area contributed by atoms with E-state index in [1.807, 2.05) is 6.92 Å². The van der Waals surface area contributed by atoms with E-state index in [1.54, 1.807) is 0 Å². The Bertz CT molecular complexity index is 270. The summed E-state index contributed by atoms with van der Waals surface area (Å²) in [6, 6.07) is 0.342. The van der Waals surface area contributed by atoms with Crippen molar-refractivity contribution in [2.45, 2.75) is 63.6 Å². The minimum absolute atomic E-state index is 0.00448. The van der Waals surface area contributed by atoms with Crippen LogP contribution in [-0.4, -0.2) is 35.7 Å². The summed E-state index contributed by atoms with van der Waals surface area (Å²) < 4.78 is 0. The Morgan fingerprint density at radius 3 is 2.88 bits per heavy atom. The number of hydrogen-bond acceptors (Lipinski definition) is 3. The molecule has 0 spiro atoms. The lowest BCUT2D eigenvalue weighted by atomic mass is 9.77. The maximum atomic E-state index is 12.0. The van der Waals surface area contributed by atoms with Gasteiger partial charge in [-0.1, -0.05) is 12.8 Å². The fraction of sp³-hybridized carbons (Fsp3) is 0.923. The van der Waals surface area contributed by atoms with E-state index in [1.165, 1.54) is 32.1 Å². The van der Waals surface area contributed by atoms with Crippen molar-refractivity contribution in [3.63, 3.8) is 0 Å². The second kappa shape index (κ2) is 5.83. The smallest absolute Gasteiger partial charge is 0.237 e. The zero-order valence-corrected chi connectivity index (χ0v) is 10.6. The molecular formula is C13H24N2O2. The van der Waals surface area contributed by atoms with Gasteiger partial charge in [-0.3, -0.25) is 4.79 Å². The van der Waals surface area contributed by atoms with Crippen LogP contribution in [-0.2, 0) is 4.79 Å². The summed E-state index contributed by atoms with van der Waals surface area (Å²) in [5, 5.41) is 15.3. The molecule has 0 bridgehead atoms. The number of amides is 1. The first-order chi connectivity index (χ1) is 8.20. The molecule has 4 unspecified atom stereocenters. The van der Waals surface area contributed by atoms with Gasteiger partial charge in [0, 0.05) is 12.1 Å². The number of aliphatic hydroxyl groups is 1. The number of nitrogens with one attached hydrogen (secondary N) is 2. The molecule has 4 nitrogen and oxygen atoms in total. The van der Waals surface area contributed by atoms with Gasteiger partial charge >= 0.3 is 0 Å². The average molecular weight is 240 g/mol. The van der Waals surface area contributed by atoms with Gasteiger partial charge < -0.3 is 15.7 Å². The molecule has 1 amide bonds. The van der Waals surface area contributed by atoms with Gasteiger partial charge in [0.25, 0.3) is 0 Å². The number of rotatable bonds is 3. The Labute approximate surface area is 103 Å². The molecule has 1 saturated carbocycles. The highest BCUT2D eigenvalue weighted by Gasteiger charge is 2.34. The van der Waals surface area contributed by atoms with Crippen LogP contribution in [0.15, 0.2) is 0 Å². The lowest BCUT2D eigenvalue weighted by molar-refractivity contribution is -0.125. The standard InChI is InChI=1S/C13H24N2O2/c1-9(8-16)14-13(17)12-7-6-10-4-2-3-5-11(10)15-12/h9-12,15-16H,2-8H2,1H3,(H,14,17). The van der Waals surface area contributed by atoms with Gasteiger partial charge in [-0.15, -0.1) is 0 Å². The van der Waals surface area contributed by atoms with E-state index < -0.39 is 0 Å². The number of aliphatic hydroxyl groups excluding tert-OH is 1. The molecule has 98 valence electrons. The number of carbonyl (C=O) groups is 1. The SMILES string of the molecule is CC(CO)NC(=O)C1CCC2CCCCC2N1. The highest BCUT2D eigenvalue weighted by molar-refractivity contribution is 5.82. The summed E-state index contributed by atoms with van der Waals surface area (Å²) in [5.74, 6) is 0.832. The number of hydrogen-bond donors (Lipinski definition) is 3. The zero-order chi connectivity index (χ0) is 12.3. The minimum atomic E-state index is -0.145. The summed E-state index contributed by atoms with van der Waals surface area (Å²) in [6.45, 7) is 1.83. The van der Waals surface area contributed by atoms with Crippen molar-refractivity contribution in [3.05, 3.63) is 0 Å². The van der Waals surface area contributed by atoms with Gasteiger partial charge in [-0.25, -0.2) is 0 Å². The van der Waals surface area contributed by atoms with E-state index in [-0.39, 0.29) is 24.6 Å². The van der Waals surface area contributed by atoms with Crippen LogP contribution < -0.4 is 10.6 Å². The van der Waals surface area contributed by atoms with Crippen LogP contribution in [0.2, 0.25) is 0 Å². The summed E-state index contributed by atoms with van der Waals surface area (Å²) >= 11 is 0. The van der Waals surface area contributed by atoms with Crippen molar-refractivity contribution in [3.8, 4) is 0 Å². The van der Waals surface area contributed by atoms with Crippen LogP contribution >= 0.6 is 0 Å². The van der Waals surface area contributed by atoms with Crippen LogP contribution in [0.3, 0.4) is 0 Å². The van der Waals surface area contributed by atoms with Gasteiger partial charge in [0.1, 0.15) is 0 Å². The Morgan fingerprint density at radius 1 is 1.35 bits per heavy atom. The second-order valence-corrected chi connectivity index (χ2v) is 5.54. The van der Waals surface area contributed by atoms with Gasteiger partial charge in [-0.05, 0) is 38.5 Å². The van der Waals surface area contributed by atoms with Crippen molar-refractivity contribution < 1.29 is 9.90 Å². The molecule has 0 radical (unpaired) electrons. The summed E-state index contributed by atoms with van der Waals surface area (Å²) in [7, 11) is 0. The quantitative estimate of drug-likeness (QED) is 0.683. The van der Waals surface area contributed by atoms with Gasteiger partial charge in [0.15, 0.2) is 0 Å². The second-order valence-electron chi connectivity index (χ2n) is 5.54. The fourth-order valence-corrected chi connectivity index (χ4v) is 3.09. The van der Waals surface area contributed by atoms with E-state index in [4.69, 9.17) is 5.11 Å². The first kappa shape index (κ1) is 12.8. The molecule has 17 heavy (non-hydrogen) atoms. The molecule has 0 aromatic rings. The molecule has 1 aliphatic heterocycles. The Kier molecular flexibility index (Phi) is 4.40. The van der Waals surface area contributed by atoms with E-state index in [2.05, 4.69) is 10.6 Å². The molecule has 3 N–H and O–H groups in total. The van der Waals surface area contributed by atoms with Gasteiger partial charge in [0.2, 0.25) is 5.91 Å². The Balaban J connectivity index is 1.84. The van der Waals surface area contributed by atoms with E-state index in [0.29, 0.717) is 6.04 Å². The maximum Gasteiger partial charge on any atom is 0.237 e. The third-order valence-electron chi connectivity index (χ3n) is 4.13. The topological polar surface area (TPSA) is 61.4 Å². The molecule has 1 aliphatic carbocycles. The van der Waals surface area contributed by atoms with Crippen molar-refractivity contribution in [2.75, 3.05) is 6.61 Å². The first-order valence-corrected chi connectivity index (χ1v) is 6.88. The third-order valence-corrected chi connectivity index (χ3v) is 4.13. The summed E-state index contributed by atoms with van der Waals surface area (Å²) in [4.78, 5) is 12.0. The molecule has 0 aromatic carbocycles. The monoisotopic (exact) mass is 240 g/mol. The van der Waals surface area contributed by atoms with Crippen LogP contribution in [0.4, 0.5) is 0 Å². The zero-order valence-electron chi connectivity index (χ0n) is 10.6. The summed E-state index contributed by atoms with van der Waals surface area (Å²) in [6.07, 6.45) is 7.27. The number of fused-ring (bicyclic) bond motifs is 1. The van der Waals surface area contributed by atoms with E-state index >= 15 is 0 Å². The maximum absolute atomic E-state index is 12.0. The van der Waals surface area contributed by atoms with Gasteiger partial charge in [0.05, 0.1) is 12.6 Å². The van der Waals surface area contributed by atoms with Crippen LogP contribution in [0.5, 0.6) is 0 Å². The van der Waals surface area contributed by atoms with Crippen LogP contribution in [0.1, 0.15) is 45.4 Å². The van der Waals surface area contributed by atoms with Crippen molar-refractivity contribution in [1.29, 1.82) is 0 Å². The van der Waals surface area contributed by atoms with E-state index in [0.717, 1.165) is 12.3 Å². The van der Waals surface area contributed by atoms with Crippen molar-refractivity contribution in [1.82, 2.24) is 10.6 Å². The number of carbonyl (C=O) groups excluding carboxylic acids is 1. The molecule has 0 aromatic heterocycles. The van der Waals surface area contributed by atoms with Gasteiger partial charge in [-0.2, -0.15) is 0 Å². The highest BCUT2D eigenvalue weighted by Crippen LogP contribution is 2.32. The first-order valence-electron chi connectivity index (χ1n) is 6.88. The molecule has 2 aliphatic rings. The van der Waals surface area contributed by atoms with Crippen LogP contribution in [0.25, 0.3) is 0 Å². The predicted octanol–water partition coefficient (Wildman–Crippen LogP) is 0.794. The molecule has 4 heteroatoms. The molecule has 2 rings (SSSR count). The summed E-state index contributed by atoms with van der Waals surface area (Å²) in [5.41, 5.74) is 0. The minimum Gasteiger partial charge on any atom is -0.394 e. The molecule has 1 saturated heterocycles. The highest BCUT2D eigenvalue weighted by atomic mass is 16.3. The molecular weight excluding hydrogens is 216 g/mol.